The zero-order chi connectivity index (χ0) is 16.9. The summed E-state index contributed by atoms with van der Waals surface area (Å²) in [6.45, 7) is 8.57. The first-order valence-corrected chi connectivity index (χ1v) is 7.49. The molecule has 0 saturated carbocycles. The molecule has 122 valence electrons. The Balaban J connectivity index is 3.24. The van der Waals surface area contributed by atoms with E-state index in [4.69, 9.17) is 9.15 Å². The Morgan fingerprint density at radius 1 is 1.14 bits per heavy atom. The van der Waals surface area contributed by atoms with Crippen LogP contribution in [0.5, 0.6) is 0 Å². The van der Waals surface area contributed by atoms with Crippen molar-refractivity contribution in [2.24, 2.45) is 5.92 Å². The number of hydrogen-bond acceptors (Lipinski definition) is 5. The lowest BCUT2D eigenvalue weighted by Gasteiger charge is -2.12. The third-order valence-electron chi connectivity index (χ3n) is 3.51. The molecule has 22 heavy (non-hydrogen) atoms. The SMILES string of the molecule is CCOC(=O)c1c(NC(=O)C(CC)CC)oc(C)c1C(C)=O. The van der Waals surface area contributed by atoms with Gasteiger partial charge in [-0.2, -0.15) is 0 Å². The fourth-order valence-electron chi connectivity index (χ4n) is 2.33. The van der Waals surface area contributed by atoms with Crippen LogP contribution in [-0.4, -0.2) is 24.3 Å². The molecule has 0 aliphatic heterocycles. The first-order valence-electron chi connectivity index (χ1n) is 7.49. The highest BCUT2D eigenvalue weighted by atomic mass is 16.5. The van der Waals surface area contributed by atoms with Gasteiger partial charge in [-0.15, -0.1) is 0 Å². The van der Waals surface area contributed by atoms with E-state index < -0.39 is 5.97 Å². The summed E-state index contributed by atoms with van der Waals surface area (Å²) < 4.78 is 10.4. The highest BCUT2D eigenvalue weighted by Crippen LogP contribution is 2.29. The van der Waals surface area contributed by atoms with E-state index in [9.17, 15) is 14.4 Å². The fourth-order valence-corrected chi connectivity index (χ4v) is 2.33. The molecule has 0 atom stereocenters. The second kappa shape index (κ2) is 7.77. The van der Waals surface area contributed by atoms with Crippen molar-refractivity contribution in [2.75, 3.05) is 11.9 Å². The van der Waals surface area contributed by atoms with Gasteiger partial charge in [0.15, 0.2) is 5.78 Å². The second-order valence-corrected chi connectivity index (χ2v) is 5.02. The molecule has 0 aliphatic carbocycles. The summed E-state index contributed by atoms with van der Waals surface area (Å²) in [5, 5.41) is 2.61. The first kappa shape index (κ1) is 17.9. The monoisotopic (exact) mass is 309 g/mol. The number of aryl methyl sites for hydroxylation is 1. The number of rotatable bonds is 7. The summed E-state index contributed by atoms with van der Waals surface area (Å²) in [6.07, 6.45) is 1.35. The topological polar surface area (TPSA) is 85.6 Å². The number of anilines is 1. The maximum Gasteiger partial charge on any atom is 0.344 e. The zero-order valence-corrected chi connectivity index (χ0v) is 13.7. The van der Waals surface area contributed by atoms with E-state index in [-0.39, 0.29) is 47.0 Å². The van der Waals surface area contributed by atoms with Gasteiger partial charge in [-0.05, 0) is 33.6 Å². The quantitative estimate of drug-likeness (QED) is 0.616. The van der Waals surface area contributed by atoms with Gasteiger partial charge in [0.25, 0.3) is 0 Å². The Morgan fingerprint density at radius 2 is 1.73 bits per heavy atom. The summed E-state index contributed by atoms with van der Waals surface area (Å²) in [6, 6.07) is 0. The molecule has 0 bridgehead atoms. The van der Waals surface area contributed by atoms with Crippen molar-refractivity contribution in [3.05, 3.63) is 16.9 Å². The Hall–Kier alpha value is -2.11. The van der Waals surface area contributed by atoms with E-state index in [1.807, 2.05) is 13.8 Å². The van der Waals surface area contributed by atoms with Crippen molar-refractivity contribution in [1.29, 1.82) is 0 Å². The number of carbonyl (C=O) groups is 3. The fraction of sp³-hybridized carbons (Fsp3) is 0.562. The molecular formula is C16H23NO5. The number of esters is 1. The number of carbonyl (C=O) groups excluding carboxylic acids is 3. The third kappa shape index (κ3) is 3.75. The van der Waals surface area contributed by atoms with Gasteiger partial charge in [0, 0.05) is 5.92 Å². The molecule has 6 nitrogen and oxygen atoms in total. The smallest absolute Gasteiger partial charge is 0.344 e. The number of ether oxygens (including phenoxy) is 1. The van der Waals surface area contributed by atoms with Crippen LogP contribution in [0.4, 0.5) is 5.88 Å². The van der Waals surface area contributed by atoms with Gasteiger partial charge in [0.1, 0.15) is 11.3 Å². The van der Waals surface area contributed by atoms with Crippen LogP contribution >= 0.6 is 0 Å². The van der Waals surface area contributed by atoms with Gasteiger partial charge >= 0.3 is 5.97 Å². The molecule has 6 heteroatoms. The normalized spacial score (nSPS) is 10.6. The number of hydrogen-bond donors (Lipinski definition) is 1. The molecular weight excluding hydrogens is 286 g/mol. The lowest BCUT2D eigenvalue weighted by atomic mass is 10.0. The lowest BCUT2D eigenvalue weighted by molar-refractivity contribution is -0.120. The van der Waals surface area contributed by atoms with Gasteiger partial charge < -0.3 is 9.15 Å². The van der Waals surface area contributed by atoms with Gasteiger partial charge in [0.2, 0.25) is 11.8 Å². The Kier molecular flexibility index (Phi) is 6.34. The van der Waals surface area contributed by atoms with E-state index in [0.717, 1.165) is 0 Å². The van der Waals surface area contributed by atoms with E-state index in [1.165, 1.54) is 6.92 Å². The minimum atomic E-state index is -0.676. The Bertz CT molecular complexity index is 569. The van der Waals surface area contributed by atoms with Gasteiger partial charge in [-0.25, -0.2) is 4.79 Å². The number of ketones is 1. The van der Waals surface area contributed by atoms with Crippen molar-refractivity contribution < 1.29 is 23.5 Å². The molecule has 1 N–H and O–H groups in total. The maximum atomic E-state index is 12.2. The van der Waals surface area contributed by atoms with E-state index in [1.54, 1.807) is 13.8 Å². The Labute approximate surface area is 130 Å². The van der Waals surface area contributed by atoms with Crippen LogP contribution in [-0.2, 0) is 9.53 Å². The third-order valence-corrected chi connectivity index (χ3v) is 3.51. The molecule has 1 aromatic rings. The summed E-state index contributed by atoms with van der Waals surface area (Å²) in [4.78, 5) is 36.1. The second-order valence-electron chi connectivity index (χ2n) is 5.02. The predicted molar refractivity (Wildman–Crippen MR) is 82.1 cm³/mol. The largest absolute Gasteiger partial charge is 0.462 e. The summed E-state index contributed by atoms with van der Waals surface area (Å²) in [5.74, 6) is -1.13. The molecule has 0 unspecified atom stereocenters. The molecule has 1 rings (SSSR count). The van der Waals surface area contributed by atoms with Crippen LogP contribution in [0.25, 0.3) is 0 Å². The van der Waals surface area contributed by atoms with Crippen LogP contribution in [0.15, 0.2) is 4.42 Å². The Morgan fingerprint density at radius 3 is 2.18 bits per heavy atom. The van der Waals surface area contributed by atoms with Crippen LogP contribution in [0.2, 0.25) is 0 Å². The molecule has 1 aromatic heterocycles. The van der Waals surface area contributed by atoms with Gasteiger partial charge in [-0.1, -0.05) is 13.8 Å². The van der Waals surface area contributed by atoms with Crippen LogP contribution < -0.4 is 5.32 Å². The highest BCUT2D eigenvalue weighted by Gasteiger charge is 2.29. The number of amides is 1. The first-order chi connectivity index (χ1) is 10.4. The molecule has 0 saturated heterocycles. The van der Waals surface area contributed by atoms with Crippen molar-refractivity contribution in [1.82, 2.24) is 0 Å². The summed E-state index contributed by atoms with van der Waals surface area (Å²) >= 11 is 0. The summed E-state index contributed by atoms with van der Waals surface area (Å²) in [5.41, 5.74) is 0.143. The maximum absolute atomic E-state index is 12.2. The van der Waals surface area contributed by atoms with Gasteiger partial charge in [0.05, 0.1) is 12.2 Å². The minimum absolute atomic E-state index is 0.00819. The molecule has 1 amide bonds. The van der Waals surface area contributed by atoms with Crippen LogP contribution in [0.1, 0.15) is 67.0 Å². The van der Waals surface area contributed by atoms with E-state index >= 15 is 0 Å². The average Bonchev–Trinajstić information content (AvgIpc) is 2.76. The van der Waals surface area contributed by atoms with Gasteiger partial charge in [-0.3, -0.25) is 14.9 Å². The predicted octanol–water partition coefficient (Wildman–Crippen LogP) is 3.34. The molecule has 0 fully saturated rings. The minimum Gasteiger partial charge on any atom is -0.462 e. The van der Waals surface area contributed by atoms with E-state index in [2.05, 4.69) is 5.32 Å². The molecule has 0 aliphatic rings. The molecule has 0 aromatic carbocycles. The molecule has 0 radical (unpaired) electrons. The van der Waals surface area contributed by atoms with Crippen LogP contribution in [0.3, 0.4) is 0 Å². The number of nitrogens with one attached hydrogen (secondary N) is 1. The van der Waals surface area contributed by atoms with Crippen molar-refractivity contribution in [3.63, 3.8) is 0 Å². The lowest BCUT2D eigenvalue weighted by Crippen LogP contribution is -2.23. The summed E-state index contributed by atoms with van der Waals surface area (Å²) in [7, 11) is 0. The molecule has 0 spiro atoms. The van der Waals surface area contributed by atoms with Crippen LogP contribution in [0, 0.1) is 12.8 Å². The number of Topliss-reactive ketones (excluding diaryl/α,β-unsaturated/α-hetero) is 1. The average molecular weight is 309 g/mol. The van der Waals surface area contributed by atoms with E-state index in [0.29, 0.717) is 12.8 Å². The zero-order valence-electron chi connectivity index (χ0n) is 13.7. The van der Waals surface area contributed by atoms with Crippen molar-refractivity contribution in [3.8, 4) is 0 Å². The molecule has 1 heterocycles. The van der Waals surface area contributed by atoms with Crippen molar-refractivity contribution >= 4 is 23.5 Å². The standard InChI is InChI=1S/C16H23NO5/c1-6-11(7-2)14(19)17-15-13(16(20)21-8-3)12(9(4)18)10(5)22-15/h11H,6-8H2,1-5H3,(H,17,19). The number of furan rings is 1. The highest BCUT2D eigenvalue weighted by molar-refractivity contribution is 6.10. The van der Waals surface area contributed by atoms with Crippen molar-refractivity contribution in [2.45, 2.75) is 47.5 Å².